The van der Waals surface area contributed by atoms with Gasteiger partial charge in [0, 0.05) is 17.8 Å². The van der Waals surface area contributed by atoms with Gasteiger partial charge in [0.05, 0.1) is 12.5 Å². The molecule has 104 valence electrons. The molecule has 1 heterocycles. The van der Waals surface area contributed by atoms with Crippen molar-refractivity contribution in [2.45, 2.75) is 6.54 Å². The molecule has 20 heavy (non-hydrogen) atoms. The van der Waals surface area contributed by atoms with Crippen LogP contribution >= 0.6 is 0 Å². The molecule has 2 aromatic rings. The van der Waals surface area contributed by atoms with E-state index in [2.05, 4.69) is 10.6 Å². The molecule has 2 amide bonds. The summed E-state index contributed by atoms with van der Waals surface area (Å²) in [5, 5.41) is 23.3. The normalized spacial score (nSPS) is 10.0. The molecule has 1 aromatic heterocycles. The third kappa shape index (κ3) is 3.29. The van der Waals surface area contributed by atoms with Crippen molar-refractivity contribution in [2.75, 3.05) is 5.32 Å². The number of aromatic hydroxyl groups is 1. The fourth-order valence-electron chi connectivity index (χ4n) is 1.54. The predicted molar refractivity (Wildman–Crippen MR) is 69.6 cm³/mol. The summed E-state index contributed by atoms with van der Waals surface area (Å²) in [6.07, 6.45) is 3.00. The largest absolute Gasteiger partial charge is 0.507 e. The number of phenols is 1. The van der Waals surface area contributed by atoms with Crippen molar-refractivity contribution in [1.82, 2.24) is 5.32 Å². The zero-order valence-corrected chi connectivity index (χ0v) is 10.3. The first-order valence-electron chi connectivity index (χ1n) is 5.68. The van der Waals surface area contributed by atoms with Crippen LogP contribution in [0.15, 0.2) is 41.2 Å². The van der Waals surface area contributed by atoms with Crippen molar-refractivity contribution >= 4 is 17.7 Å². The van der Waals surface area contributed by atoms with E-state index in [-0.39, 0.29) is 23.5 Å². The Labute approximate surface area is 113 Å². The van der Waals surface area contributed by atoms with E-state index in [0.29, 0.717) is 0 Å². The molecule has 7 heteroatoms. The van der Waals surface area contributed by atoms with Crippen LogP contribution in [0.3, 0.4) is 0 Å². The Kier molecular flexibility index (Phi) is 3.90. The number of carboxylic acid groups (broad SMARTS) is 1. The van der Waals surface area contributed by atoms with Crippen LogP contribution in [0.2, 0.25) is 0 Å². The monoisotopic (exact) mass is 276 g/mol. The SMILES string of the molecule is O=C(NCc1ccoc1)Nc1ccc(O)c(C(=O)O)c1. The standard InChI is InChI=1S/C13H12N2O5/c16-11-2-1-9(5-10(11)12(17)18)15-13(19)14-6-8-3-4-20-7-8/h1-5,7,16H,6H2,(H,17,18)(H2,14,15,19). The van der Waals surface area contributed by atoms with Gasteiger partial charge in [0.1, 0.15) is 11.3 Å². The Morgan fingerprint density at radius 2 is 2.05 bits per heavy atom. The molecule has 4 N–H and O–H groups in total. The molecular weight excluding hydrogens is 264 g/mol. The minimum absolute atomic E-state index is 0.268. The van der Waals surface area contributed by atoms with E-state index in [1.165, 1.54) is 30.7 Å². The van der Waals surface area contributed by atoms with Crippen molar-refractivity contribution in [1.29, 1.82) is 0 Å². The summed E-state index contributed by atoms with van der Waals surface area (Å²) in [6, 6.07) is 5.00. The Hall–Kier alpha value is -2.96. The molecule has 0 aliphatic heterocycles. The Morgan fingerprint density at radius 1 is 1.25 bits per heavy atom. The van der Waals surface area contributed by atoms with E-state index >= 15 is 0 Å². The summed E-state index contributed by atoms with van der Waals surface area (Å²) in [6.45, 7) is 0.284. The lowest BCUT2D eigenvalue weighted by Gasteiger charge is -2.08. The summed E-state index contributed by atoms with van der Waals surface area (Å²) in [5.74, 6) is -1.63. The maximum Gasteiger partial charge on any atom is 0.339 e. The van der Waals surface area contributed by atoms with E-state index < -0.39 is 12.0 Å². The highest BCUT2D eigenvalue weighted by molar-refractivity contribution is 5.95. The Balaban J connectivity index is 1.97. The zero-order valence-electron chi connectivity index (χ0n) is 10.3. The number of hydrogen-bond acceptors (Lipinski definition) is 4. The second-order valence-electron chi connectivity index (χ2n) is 3.98. The second-order valence-corrected chi connectivity index (χ2v) is 3.98. The number of furan rings is 1. The average Bonchev–Trinajstić information content (AvgIpc) is 2.91. The molecule has 0 bridgehead atoms. The number of aromatic carboxylic acids is 1. The molecule has 0 fully saturated rings. The summed E-state index contributed by atoms with van der Waals surface area (Å²) in [4.78, 5) is 22.5. The molecule has 0 atom stereocenters. The number of carbonyl (C=O) groups is 2. The number of amides is 2. The molecule has 0 aliphatic carbocycles. The van der Waals surface area contributed by atoms with Crippen molar-refractivity contribution in [3.05, 3.63) is 47.9 Å². The fraction of sp³-hybridized carbons (Fsp3) is 0.0769. The first-order chi connectivity index (χ1) is 9.56. The molecule has 0 saturated carbocycles. The summed E-state index contributed by atoms with van der Waals surface area (Å²) in [7, 11) is 0. The lowest BCUT2D eigenvalue weighted by Crippen LogP contribution is -2.28. The highest BCUT2D eigenvalue weighted by Gasteiger charge is 2.11. The van der Waals surface area contributed by atoms with Crippen LogP contribution in [0.4, 0.5) is 10.5 Å². The van der Waals surface area contributed by atoms with E-state index in [1.54, 1.807) is 6.07 Å². The number of nitrogens with one attached hydrogen (secondary N) is 2. The van der Waals surface area contributed by atoms with Crippen molar-refractivity contribution in [3.8, 4) is 5.75 Å². The van der Waals surface area contributed by atoms with E-state index in [1.807, 2.05) is 0 Å². The Bertz CT molecular complexity index is 622. The van der Waals surface area contributed by atoms with Gasteiger partial charge in [-0.15, -0.1) is 0 Å². The molecule has 0 radical (unpaired) electrons. The van der Waals surface area contributed by atoms with Crippen LogP contribution < -0.4 is 10.6 Å². The molecule has 0 spiro atoms. The Morgan fingerprint density at radius 3 is 2.70 bits per heavy atom. The topological polar surface area (TPSA) is 112 Å². The first kappa shape index (κ1) is 13.5. The number of benzene rings is 1. The molecule has 2 rings (SSSR count). The number of carbonyl (C=O) groups excluding carboxylic acids is 1. The lowest BCUT2D eigenvalue weighted by molar-refractivity contribution is 0.0693. The summed E-state index contributed by atoms with van der Waals surface area (Å²) in [5.41, 5.74) is 0.791. The number of anilines is 1. The van der Waals surface area contributed by atoms with Gasteiger partial charge in [0.25, 0.3) is 0 Å². The van der Waals surface area contributed by atoms with Crippen LogP contribution in [-0.2, 0) is 6.54 Å². The van der Waals surface area contributed by atoms with Gasteiger partial charge in [-0.25, -0.2) is 9.59 Å². The number of rotatable bonds is 4. The third-order valence-corrected chi connectivity index (χ3v) is 2.52. The molecule has 1 aromatic carbocycles. The smallest absolute Gasteiger partial charge is 0.339 e. The van der Waals surface area contributed by atoms with Gasteiger partial charge >= 0.3 is 12.0 Å². The van der Waals surface area contributed by atoms with Crippen LogP contribution in [0.5, 0.6) is 5.75 Å². The van der Waals surface area contributed by atoms with E-state index in [4.69, 9.17) is 9.52 Å². The van der Waals surface area contributed by atoms with Crippen LogP contribution in [0.1, 0.15) is 15.9 Å². The third-order valence-electron chi connectivity index (χ3n) is 2.52. The van der Waals surface area contributed by atoms with E-state index in [9.17, 15) is 14.7 Å². The van der Waals surface area contributed by atoms with Crippen LogP contribution in [0.25, 0.3) is 0 Å². The first-order valence-corrected chi connectivity index (χ1v) is 5.68. The zero-order chi connectivity index (χ0) is 14.5. The van der Waals surface area contributed by atoms with Crippen molar-refractivity contribution < 1.29 is 24.2 Å². The van der Waals surface area contributed by atoms with Gasteiger partial charge in [-0.2, -0.15) is 0 Å². The predicted octanol–water partition coefficient (Wildman–Crippen LogP) is 2.01. The fourth-order valence-corrected chi connectivity index (χ4v) is 1.54. The van der Waals surface area contributed by atoms with Crippen molar-refractivity contribution in [2.24, 2.45) is 0 Å². The molecule has 0 saturated heterocycles. The van der Waals surface area contributed by atoms with Crippen molar-refractivity contribution in [3.63, 3.8) is 0 Å². The minimum Gasteiger partial charge on any atom is -0.507 e. The summed E-state index contributed by atoms with van der Waals surface area (Å²) < 4.78 is 4.86. The minimum atomic E-state index is -1.27. The van der Waals surface area contributed by atoms with Gasteiger partial charge in [0.15, 0.2) is 0 Å². The summed E-state index contributed by atoms with van der Waals surface area (Å²) >= 11 is 0. The lowest BCUT2D eigenvalue weighted by atomic mass is 10.2. The maximum absolute atomic E-state index is 11.6. The number of urea groups is 1. The highest BCUT2D eigenvalue weighted by Crippen LogP contribution is 2.21. The van der Waals surface area contributed by atoms with Gasteiger partial charge in [0.2, 0.25) is 0 Å². The second kappa shape index (κ2) is 5.79. The quantitative estimate of drug-likeness (QED) is 0.638. The van der Waals surface area contributed by atoms with Crippen LogP contribution in [-0.4, -0.2) is 22.2 Å². The molecule has 7 nitrogen and oxygen atoms in total. The van der Waals surface area contributed by atoms with Gasteiger partial charge in [-0.05, 0) is 24.3 Å². The van der Waals surface area contributed by atoms with Gasteiger partial charge in [-0.3, -0.25) is 0 Å². The highest BCUT2D eigenvalue weighted by atomic mass is 16.4. The number of hydrogen-bond donors (Lipinski definition) is 4. The van der Waals surface area contributed by atoms with Crippen LogP contribution in [0, 0.1) is 0 Å². The molecule has 0 unspecified atom stereocenters. The maximum atomic E-state index is 11.6. The molecule has 0 aliphatic rings. The van der Waals surface area contributed by atoms with E-state index in [0.717, 1.165) is 5.56 Å². The molecular formula is C13H12N2O5. The average molecular weight is 276 g/mol. The number of carboxylic acids is 1. The van der Waals surface area contributed by atoms with Gasteiger partial charge < -0.3 is 25.3 Å². The van der Waals surface area contributed by atoms with Gasteiger partial charge in [-0.1, -0.05) is 0 Å².